The van der Waals surface area contributed by atoms with Crippen molar-refractivity contribution in [2.75, 3.05) is 11.9 Å². The van der Waals surface area contributed by atoms with Crippen molar-refractivity contribution in [3.05, 3.63) is 64.1 Å². The van der Waals surface area contributed by atoms with Crippen LogP contribution in [0.4, 0.5) is 5.69 Å². The van der Waals surface area contributed by atoms with E-state index in [1.807, 2.05) is 24.3 Å². The van der Waals surface area contributed by atoms with Crippen LogP contribution in [0, 0.1) is 0 Å². The van der Waals surface area contributed by atoms with Crippen molar-refractivity contribution in [1.29, 1.82) is 0 Å². The van der Waals surface area contributed by atoms with Crippen LogP contribution in [0.25, 0.3) is 0 Å². The number of anilines is 1. The molecule has 5 heteroatoms. The third kappa shape index (κ3) is 5.81. The fraction of sp³-hybridized carbons (Fsp3) is 0.263. The van der Waals surface area contributed by atoms with E-state index >= 15 is 0 Å². The van der Waals surface area contributed by atoms with Gasteiger partial charge in [-0.15, -0.1) is 0 Å². The zero-order valence-electron chi connectivity index (χ0n) is 13.5. The number of rotatable bonds is 7. The van der Waals surface area contributed by atoms with Crippen molar-refractivity contribution in [2.24, 2.45) is 0 Å². The topological polar surface area (TPSA) is 55.4 Å². The molecule has 1 N–H and O–H groups in total. The van der Waals surface area contributed by atoms with E-state index in [1.54, 1.807) is 24.3 Å². The second-order valence-electron chi connectivity index (χ2n) is 5.43. The summed E-state index contributed by atoms with van der Waals surface area (Å²) in [6, 6.07) is 14.5. The summed E-state index contributed by atoms with van der Waals surface area (Å²) in [5, 5.41) is 2.72. The number of carbonyl (C=O) groups excluding carboxylic acids is 2. The maximum Gasteiger partial charge on any atom is 0.338 e. The molecule has 0 aliphatic carbocycles. The van der Waals surface area contributed by atoms with Crippen LogP contribution in [0.5, 0.6) is 0 Å². The average molecular weight is 390 g/mol. The summed E-state index contributed by atoms with van der Waals surface area (Å²) >= 11 is 3.30. The molecule has 0 fully saturated rings. The fourth-order valence-electron chi connectivity index (χ4n) is 2.13. The number of halogens is 1. The van der Waals surface area contributed by atoms with Crippen LogP contribution in [0.3, 0.4) is 0 Å². The van der Waals surface area contributed by atoms with Crippen LogP contribution in [0.15, 0.2) is 53.0 Å². The largest absolute Gasteiger partial charge is 0.452 e. The van der Waals surface area contributed by atoms with Gasteiger partial charge in [-0.2, -0.15) is 0 Å². The maximum absolute atomic E-state index is 11.9. The molecule has 0 saturated carbocycles. The van der Waals surface area contributed by atoms with Gasteiger partial charge in [0, 0.05) is 10.2 Å². The summed E-state index contributed by atoms with van der Waals surface area (Å²) in [5.41, 5.74) is 2.35. The van der Waals surface area contributed by atoms with Crippen molar-refractivity contribution in [3.63, 3.8) is 0 Å². The third-order valence-electron chi connectivity index (χ3n) is 3.47. The lowest BCUT2D eigenvalue weighted by molar-refractivity contribution is -0.119. The predicted octanol–water partition coefficient (Wildman–Crippen LogP) is 4.59. The highest BCUT2D eigenvalue weighted by Crippen LogP contribution is 2.13. The number of hydrogen-bond donors (Lipinski definition) is 1. The van der Waals surface area contributed by atoms with E-state index < -0.39 is 5.97 Å². The Morgan fingerprint density at radius 3 is 2.33 bits per heavy atom. The SMILES string of the molecule is CCCCc1ccc(NC(=O)COC(=O)c2ccc(Br)cc2)cc1. The van der Waals surface area contributed by atoms with Gasteiger partial charge in [0.1, 0.15) is 0 Å². The van der Waals surface area contributed by atoms with E-state index in [2.05, 4.69) is 28.2 Å². The van der Waals surface area contributed by atoms with Gasteiger partial charge in [0.15, 0.2) is 6.61 Å². The highest BCUT2D eigenvalue weighted by atomic mass is 79.9. The highest BCUT2D eigenvalue weighted by Gasteiger charge is 2.10. The number of amides is 1. The summed E-state index contributed by atoms with van der Waals surface area (Å²) in [7, 11) is 0. The minimum Gasteiger partial charge on any atom is -0.452 e. The molecule has 0 atom stereocenters. The minimum atomic E-state index is -0.521. The van der Waals surface area contributed by atoms with Crippen LogP contribution in [-0.4, -0.2) is 18.5 Å². The van der Waals surface area contributed by atoms with Gasteiger partial charge in [-0.05, 0) is 54.8 Å². The first kappa shape index (κ1) is 18.2. The van der Waals surface area contributed by atoms with Crippen molar-refractivity contribution in [2.45, 2.75) is 26.2 Å². The summed E-state index contributed by atoms with van der Waals surface area (Å²) in [4.78, 5) is 23.7. The fourth-order valence-corrected chi connectivity index (χ4v) is 2.40. The third-order valence-corrected chi connectivity index (χ3v) is 4.00. The van der Waals surface area contributed by atoms with Crippen molar-refractivity contribution in [3.8, 4) is 0 Å². The van der Waals surface area contributed by atoms with E-state index in [0.717, 1.165) is 23.7 Å². The summed E-state index contributed by atoms with van der Waals surface area (Å²) in [5.74, 6) is -0.880. The molecule has 0 spiro atoms. The minimum absolute atomic E-state index is 0.313. The summed E-state index contributed by atoms with van der Waals surface area (Å²) in [6.07, 6.45) is 3.34. The lowest BCUT2D eigenvalue weighted by Crippen LogP contribution is -2.20. The molecule has 0 aromatic heterocycles. The van der Waals surface area contributed by atoms with Gasteiger partial charge in [-0.1, -0.05) is 41.4 Å². The second-order valence-corrected chi connectivity index (χ2v) is 6.35. The number of esters is 1. The van der Waals surface area contributed by atoms with Crippen LogP contribution in [-0.2, 0) is 16.0 Å². The van der Waals surface area contributed by atoms with E-state index in [4.69, 9.17) is 4.74 Å². The zero-order valence-corrected chi connectivity index (χ0v) is 15.1. The van der Waals surface area contributed by atoms with E-state index in [9.17, 15) is 9.59 Å². The Balaban J connectivity index is 1.80. The second kappa shape index (κ2) is 9.23. The average Bonchev–Trinajstić information content (AvgIpc) is 2.59. The monoisotopic (exact) mass is 389 g/mol. The van der Waals surface area contributed by atoms with Gasteiger partial charge in [0.25, 0.3) is 5.91 Å². The molecule has 4 nitrogen and oxygen atoms in total. The van der Waals surface area contributed by atoms with Crippen molar-refractivity contribution in [1.82, 2.24) is 0 Å². The lowest BCUT2D eigenvalue weighted by Gasteiger charge is -2.08. The van der Waals surface area contributed by atoms with Gasteiger partial charge < -0.3 is 10.1 Å². The molecule has 0 heterocycles. The van der Waals surface area contributed by atoms with E-state index in [1.165, 1.54) is 5.56 Å². The zero-order chi connectivity index (χ0) is 17.4. The Morgan fingerprint density at radius 2 is 1.71 bits per heavy atom. The smallest absolute Gasteiger partial charge is 0.338 e. The van der Waals surface area contributed by atoms with Crippen LogP contribution < -0.4 is 5.32 Å². The molecule has 0 saturated heterocycles. The number of aryl methyl sites for hydroxylation is 1. The molecule has 0 bridgehead atoms. The molecule has 126 valence electrons. The first-order valence-corrected chi connectivity index (χ1v) is 8.69. The lowest BCUT2D eigenvalue weighted by atomic mass is 10.1. The molecular weight excluding hydrogens is 370 g/mol. The molecule has 2 rings (SSSR count). The number of hydrogen-bond acceptors (Lipinski definition) is 3. The molecule has 24 heavy (non-hydrogen) atoms. The summed E-state index contributed by atoms with van der Waals surface area (Å²) in [6.45, 7) is 1.84. The van der Waals surface area contributed by atoms with Gasteiger partial charge in [0.05, 0.1) is 5.56 Å². The quantitative estimate of drug-likeness (QED) is 0.704. The Labute approximate surface area is 150 Å². The molecule has 2 aromatic carbocycles. The molecule has 2 aromatic rings. The number of nitrogens with one attached hydrogen (secondary N) is 1. The molecule has 0 aliphatic rings. The molecular formula is C19H20BrNO3. The molecule has 1 amide bonds. The Kier molecular flexibility index (Phi) is 7.00. The standard InChI is InChI=1S/C19H20BrNO3/c1-2-3-4-14-5-11-17(12-6-14)21-18(22)13-24-19(23)15-7-9-16(20)10-8-15/h5-12H,2-4,13H2,1H3,(H,21,22). The number of ether oxygens (including phenoxy) is 1. The number of carbonyl (C=O) groups is 2. The first-order chi connectivity index (χ1) is 11.6. The first-order valence-electron chi connectivity index (χ1n) is 7.90. The van der Waals surface area contributed by atoms with Crippen molar-refractivity contribution >= 4 is 33.5 Å². The van der Waals surface area contributed by atoms with Gasteiger partial charge in [-0.25, -0.2) is 4.79 Å². The van der Waals surface area contributed by atoms with Crippen LogP contribution in [0.1, 0.15) is 35.7 Å². The molecule has 0 aliphatic heterocycles. The van der Waals surface area contributed by atoms with Crippen LogP contribution in [0.2, 0.25) is 0 Å². The normalized spacial score (nSPS) is 10.2. The molecule has 0 radical (unpaired) electrons. The number of unbranched alkanes of at least 4 members (excludes halogenated alkanes) is 1. The Morgan fingerprint density at radius 1 is 1.04 bits per heavy atom. The van der Waals surface area contributed by atoms with Gasteiger partial charge in [0.2, 0.25) is 0 Å². The van der Waals surface area contributed by atoms with Gasteiger partial charge >= 0.3 is 5.97 Å². The van der Waals surface area contributed by atoms with Crippen molar-refractivity contribution < 1.29 is 14.3 Å². The Hall–Kier alpha value is -2.14. The van der Waals surface area contributed by atoms with Gasteiger partial charge in [-0.3, -0.25) is 4.79 Å². The molecule has 0 unspecified atom stereocenters. The highest BCUT2D eigenvalue weighted by molar-refractivity contribution is 9.10. The van der Waals surface area contributed by atoms with E-state index in [0.29, 0.717) is 11.3 Å². The predicted molar refractivity (Wildman–Crippen MR) is 98.1 cm³/mol. The number of benzene rings is 2. The van der Waals surface area contributed by atoms with E-state index in [-0.39, 0.29) is 12.5 Å². The summed E-state index contributed by atoms with van der Waals surface area (Å²) < 4.78 is 5.89. The van der Waals surface area contributed by atoms with Crippen LogP contribution >= 0.6 is 15.9 Å². The Bertz CT molecular complexity index is 681. The maximum atomic E-state index is 11.9.